The summed E-state index contributed by atoms with van der Waals surface area (Å²) in [6.07, 6.45) is 0. The van der Waals surface area contributed by atoms with Crippen molar-refractivity contribution in [3.05, 3.63) is 34.3 Å². The molecule has 0 spiro atoms. The molecule has 92 valence electrons. The average molecular weight is 254 g/mol. The number of carbonyl (C=O) groups excluding carboxylic acids is 1. The van der Waals surface area contributed by atoms with E-state index in [-0.39, 0.29) is 5.56 Å². The van der Waals surface area contributed by atoms with Crippen molar-refractivity contribution in [1.29, 1.82) is 0 Å². The lowest BCUT2D eigenvalue weighted by atomic mass is 10.4. The van der Waals surface area contributed by atoms with Gasteiger partial charge in [-0.05, 0) is 13.8 Å². The van der Waals surface area contributed by atoms with Crippen molar-refractivity contribution in [2.75, 3.05) is 12.4 Å². The number of H-pyrrole nitrogens is 1. The summed E-state index contributed by atoms with van der Waals surface area (Å²) in [5.41, 5.74) is 0.778. The molecule has 0 saturated carbocycles. The number of aromatic amines is 1. The molecule has 0 bridgehead atoms. The normalized spacial score (nSPS) is 10.0. The molecular weight excluding hydrogens is 240 g/mol. The molecule has 17 heavy (non-hydrogen) atoms. The highest BCUT2D eigenvalue weighted by molar-refractivity contribution is 7.99. The largest absolute Gasteiger partial charge is 0.463 e. The maximum atomic E-state index is 11.3. The maximum Gasteiger partial charge on any atom is 0.334 e. The molecule has 0 aliphatic carbocycles. The fourth-order valence-corrected chi connectivity index (χ4v) is 1.88. The van der Waals surface area contributed by atoms with Gasteiger partial charge in [0.2, 0.25) is 0 Å². The van der Waals surface area contributed by atoms with Gasteiger partial charge >= 0.3 is 5.97 Å². The first kappa shape index (κ1) is 13.5. The zero-order valence-electron chi connectivity index (χ0n) is 9.78. The van der Waals surface area contributed by atoms with Crippen LogP contribution in [0.4, 0.5) is 0 Å². The van der Waals surface area contributed by atoms with Crippen molar-refractivity contribution in [1.82, 2.24) is 9.97 Å². The Labute approximate surface area is 103 Å². The Morgan fingerprint density at radius 1 is 1.65 bits per heavy atom. The highest BCUT2D eigenvalue weighted by atomic mass is 32.2. The second kappa shape index (κ2) is 6.24. The molecule has 1 N–H and O–H groups in total. The van der Waals surface area contributed by atoms with Crippen LogP contribution in [-0.2, 0) is 9.53 Å². The van der Waals surface area contributed by atoms with Crippen LogP contribution in [-0.4, -0.2) is 28.3 Å². The lowest BCUT2D eigenvalue weighted by molar-refractivity contribution is -0.138. The Balaban J connectivity index is 2.58. The van der Waals surface area contributed by atoms with E-state index < -0.39 is 5.97 Å². The number of hydrogen-bond donors (Lipinski definition) is 1. The van der Waals surface area contributed by atoms with E-state index in [2.05, 4.69) is 16.5 Å². The number of nitrogens with zero attached hydrogens (tertiary/aromatic N) is 1. The highest BCUT2D eigenvalue weighted by Gasteiger charge is 2.09. The van der Waals surface area contributed by atoms with Crippen LogP contribution in [0.15, 0.2) is 28.2 Å². The number of thioether (sulfide) groups is 1. The van der Waals surface area contributed by atoms with Crippen LogP contribution in [0.5, 0.6) is 0 Å². The summed E-state index contributed by atoms with van der Waals surface area (Å²) in [6, 6.07) is 1.41. The van der Waals surface area contributed by atoms with E-state index >= 15 is 0 Å². The van der Waals surface area contributed by atoms with Crippen LogP contribution in [0.25, 0.3) is 0 Å². The van der Waals surface area contributed by atoms with Gasteiger partial charge < -0.3 is 9.72 Å². The lowest BCUT2D eigenvalue weighted by Crippen LogP contribution is -2.11. The molecule has 1 aromatic rings. The van der Waals surface area contributed by atoms with Gasteiger partial charge in [-0.25, -0.2) is 9.78 Å². The third-order valence-electron chi connectivity index (χ3n) is 1.80. The second-order valence-corrected chi connectivity index (χ2v) is 4.27. The SMILES string of the molecule is C=C(CSc1nc(C)cc(=O)[nH]1)C(=O)OCC. The average Bonchev–Trinajstić information content (AvgIpc) is 2.25. The minimum atomic E-state index is -0.421. The van der Waals surface area contributed by atoms with E-state index in [1.807, 2.05) is 0 Å². The first-order chi connectivity index (χ1) is 8.02. The Morgan fingerprint density at radius 2 is 2.35 bits per heavy atom. The van der Waals surface area contributed by atoms with Gasteiger partial charge in [0.25, 0.3) is 5.56 Å². The van der Waals surface area contributed by atoms with Gasteiger partial charge in [0, 0.05) is 23.1 Å². The molecule has 0 radical (unpaired) electrons. The second-order valence-electron chi connectivity index (χ2n) is 3.30. The molecule has 0 amide bonds. The van der Waals surface area contributed by atoms with Gasteiger partial charge in [-0.3, -0.25) is 4.79 Å². The zero-order chi connectivity index (χ0) is 12.8. The summed E-state index contributed by atoms with van der Waals surface area (Å²) < 4.78 is 4.80. The van der Waals surface area contributed by atoms with Crippen LogP contribution in [0.3, 0.4) is 0 Å². The molecule has 1 aromatic heterocycles. The monoisotopic (exact) mass is 254 g/mol. The van der Waals surface area contributed by atoms with Crippen LogP contribution >= 0.6 is 11.8 Å². The Kier molecular flexibility index (Phi) is 4.96. The summed E-state index contributed by atoms with van der Waals surface area (Å²) in [7, 11) is 0. The van der Waals surface area contributed by atoms with Crippen molar-refractivity contribution in [2.24, 2.45) is 0 Å². The fourth-order valence-electron chi connectivity index (χ4n) is 1.07. The van der Waals surface area contributed by atoms with Crippen molar-refractivity contribution >= 4 is 17.7 Å². The molecule has 0 saturated heterocycles. The minimum Gasteiger partial charge on any atom is -0.463 e. The number of carbonyl (C=O) groups is 1. The molecule has 1 rings (SSSR count). The predicted molar refractivity (Wildman–Crippen MR) is 66.1 cm³/mol. The van der Waals surface area contributed by atoms with Gasteiger partial charge in [-0.2, -0.15) is 0 Å². The van der Waals surface area contributed by atoms with Crippen molar-refractivity contribution in [3.8, 4) is 0 Å². The molecule has 6 heteroatoms. The summed E-state index contributed by atoms with van der Waals surface area (Å²) in [6.45, 7) is 7.41. The zero-order valence-corrected chi connectivity index (χ0v) is 10.6. The summed E-state index contributed by atoms with van der Waals surface area (Å²) in [5.74, 6) is -0.0828. The van der Waals surface area contributed by atoms with E-state index in [0.717, 1.165) is 0 Å². The number of ether oxygens (including phenoxy) is 1. The van der Waals surface area contributed by atoms with E-state index in [9.17, 15) is 9.59 Å². The number of nitrogens with one attached hydrogen (secondary N) is 1. The number of aromatic nitrogens is 2. The lowest BCUT2D eigenvalue weighted by Gasteiger charge is -2.04. The van der Waals surface area contributed by atoms with Gasteiger partial charge in [-0.15, -0.1) is 0 Å². The number of aryl methyl sites for hydroxylation is 1. The molecule has 0 fully saturated rings. The first-order valence-electron chi connectivity index (χ1n) is 5.08. The Bertz CT molecular complexity index is 482. The van der Waals surface area contributed by atoms with Crippen molar-refractivity contribution in [3.63, 3.8) is 0 Å². The third-order valence-corrected chi connectivity index (χ3v) is 2.75. The summed E-state index contributed by atoms with van der Waals surface area (Å²) in [5, 5.41) is 0.473. The number of rotatable bonds is 5. The molecule has 0 aromatic carbocycles. The standard InChI is InChI=1S/C11H14N2O3S/c1-4-16-10(15)7(2)6-17-11-12-8(3)5-9(14)13-11/h5H,2,4,6H2,1,3H3,(H,12,13,14). The Morgan fingerprint density at radius 3 is 2.94 bits per heavy atom. The number of hydrogen-bond acceptors (Lipinski definition) is 5. The smallest absolute Gasteiger partial charge is 0.334 e. The van der Waals surface area contributed by atoms with Gasteiger partial charge in [0.1, 0.15) is 0 Å². The highest BCUT2D eigenvalue weighted by Crippen LogP contribution is 2.15. The molecule has 0 aliphatic heterocycles. The molecular formula is C11H14N2O3S. The van der Waals surface area contributed by atoms with Gasteiger partial charge in [0.05, 0.1) is 6.61 Å². The summed E-state index contributed by atoms with van der Waals surface area (Å²) in [4.78, 5) is 29.1. The van der Waals surface area contributed by atoms with Gasteiger partial charge in [-0.1, -0.05) is 18.3 Å². The molecule has 0 unspecified atom stereocenters. The van der Waals surface area contributed by atoms with Crippen LogP contribution < -0.4 is 5.56 Å². The van der Waals surface area contributed by atoms with Crippen molar-refractivity contribution < 1.29 is 9.53 Å². The third kappa shape index (κ3) is 4.44. The van der Waals surface area contributed by atoms with E-state index in [4.69, 9.17) is 4.74 Å². The quantitative estimate of drug-likeness (QED) is 0.371. The Hall–Kier alpha value is -1.56. The number of esters is 1. The summed E-state index contributed by atoms with van der Waals surface area (Å²) >= 11 is 1.24. The van der Waals surface area contributed by atoms with Crippen LogP contribution in [0.2, 0.25) is 0 Å². The molecule has 0 atom stereocenters. The maximum absolute atomic E-state index is 11.3. The molecule has 0 aliphatic rings. The van der Waals surface area contributed by atoms with E-state index in [1.54, 1.807) is 13.8 Å². The van der Waals surface area contributed by atoms with E-state index in [0.29, 0.717) is 28.8 Å². The van der Waals surface area contributed by atoms with E-state index in [1.165, 1.54) is 17.8 Å². The van der Waals surface area contributed by atoms with Gasteiger partial charge in [0.15, 0.2) is 5.16 Å². The first-order valence-corrected chi connectivity index (χ1v) is 6.07. The molecule has 5 nitrogen and oxygen atoms in total. The minimum absolute atomic E-state index is 0.207. The fraction of sp³-hybridized carbons (Fsp3) is 0.364. The molecule has 1 heterocycles. The van der Waals surface area contributed by atoms with Crippen molar-refractivity contribution in [2.45, 2.75) is 19.0 Å². The van der Waals surface area contributed by atoms with Crippen LogP contribution in [0.1, 0.15) is 12.6 Å². The topological polar surface area (TPSA) is 72.0 Å². The van der Waals surface area contributed by atoms with Crippen LogP contribution in [0, 0.1) is 6.92 Å². The predicted octanol–water partition coefficient (Wildman–Crippen LogP) is 1.29.